The van der Waals surface area contributed by atoms with Crippen molar-refractivity contribution >= 4 is 11.9 Å². The van der Waals surface area contributed by atoms with Crippen molar-refractivity contribution in [1.29, 1.82) is 0 Å². The van der Waals surface area contributed by atoms with Gasteiger partial charge in [-0.2, -0.15) is 0 Å². The fourth-order valence-corrected chi connectivity index (χ4v) is 6.38. The van der Waals surface area contributed by atoms with Gasteiger partial charge in [0.05, 0.1) is 18.3 Å². The summed E-state index contributed by atoms with van der Waals surface area (Å²) >= 11 is 0. The molecule has 0 aromatic carbocycles. The maximum absolute atomic E-state index is 12.1. The minimum atomic E-state index is -1.04. The molecule has 8 heteroatoms. The molecular weight excluding hydrogens is 608 g/mol. The Morgan fingerprint density at radius 2 is 1.25 bits per heavy atom. The quantitative estimate of drug-likeness (QED) is 0.0340. The Balaban J connectivity index is 2.05. The monoisotopic (exact) mass is 681 g/mol. The van der Waals surface area contributed by atoms with E-state index < -0.39 is 30.4 Å². The van der Waals surface area contributed by atoms with E-state index in [1.54, 1.807) is 6.08 Å². The van der Waals surface area contributed by atoms with Crippen molar-refractivity contribution in [2.75, 3.05) is 13.2 Å². The number of unbranched alkanes of at least 4 members (excludes halogenated alkanes) is 13. The number of allylic oxidation sites excluding steroid dienone is 2. The molecule has 1 fully saturated rings. The van der Waals surface area contributed by atoms with Gasteiger partial charge in [0.25, 0.3) is 0 Å². The lowest BCUT2D eigenvalue weighted by Crippen LogP contribution is -2.25. The molecule has 0 spiro atoms. The van der Waals surface area contributed by atoms with Gasteiger partial charge in [-0.25, -0.2) is 0 Å². The van der Waals surface area contributed by atoms with E-state index in [0.717, 1.165) is 44.4 Å². The Hall–Kier alpha value is -1.74. The van der Waals surface area contributed by atoms with E-state index in [1.807, 2.05) is 18.2 Å². The van der Waals surface area contributed by atoms with Gasteiger partial charge < -0.3 is 29.9 Å². The predicted molar refractivity (Wildman–Crippen MR) is 193 cm³/mol. The molecule has 4 N–H and O–H groups in total. The molecule has 0 radical (unpaired) electrons. The smallest absolute Gasteiger partial charge is 0.305 e. The van der Waals surface area contributed by atoms with E-state index in [-0.39, 0.29) is 37.4 Å². The third kappa shape index (κ3) is 23.6. The molecule has 6 atom stereocenters. The largest absolute Gasteiger partial charge is 0.463 e. The molecule has 0 unspecified atom stereocenters. The predicted octanol–water partition coefficient (Wildman–Crippen LogP) is 8.13. The van der Waals surface area contributed by atoms with Crippen LogP contribution in [0.1, 0.15) is 162 Å². The highest BCUT2D eigenvalue weighted by Crippen LogP contribution is 2.36. The van der Waals surface area contributed by atoms with Gasteiger partial charge in [0.2, 0.25) is 0 Å². The average Bonchev–Trinajstić information content (AvgIpc) is 3.32. The van der Waals surface area contributed by atoms with Crippen molar-refractivity contribution < 1.29 is 39.5 Å². The second-order valence-electron chi connectivity index (χ2n) is 14.5. The molecular formula is C40H72O8. The van der Waals surface area contributed by atoms with Crippen LogP contribution in [0, 0.1) is 17.8 Å². The zero-order valence-corrected chi connectivity index (χ0v) is 30.7. The molecule has 0 saturated heterocycles. The molecule has 280 valence electrons. The fraction of sp³-hybridized carbons (Fsp3) is 0.850. The second kappa shape index (κ2) is 29.0. The Morgan fingerprint density at radius 1 is 0.708 bits per heavy atom. The first-order valence-corrected chi connectivity index (χ1v) is 19.5. The summed E-state index contributed by atoms with van der Waals surface area (Å²) in [6, 6.07) is 0. The van der Waals surface area contributed by atoms with Gasteiger partial charge in [-0.3, -0.25) is 9.59 Å². The van der Waals surface area contributed by atoms with Crippen molar-refractivity contribution in [2.24, 2.45) is 17.8 Å². The number of esters is 2. The number of hydrogen-bond acceptors (Lipinski definition) is 8. The molecule has 0 aromatic rings. The van der Waals surface area contributed by atoms with Crippen LogP contribution in [0.3, 0.4) is 0 Å². The van der Waals surface area contributed by atoms with Gasteiger partial charge in [0.15, 0.2) is 0 Å². The summed E-state index contributed by atoms with van der Waals surface area (Å²) in [4.78, 5) is 24.0. The molecule has 0 bridgehead atoms. The van der Waals surface area contributed by atoms with E-state index in [4.69, 9.17) is 9.47 Å². The van der Waals surface area contributed by atoms with E-state index >= 15 is 0 Å². The first kappa shape index (κ1) is 44.3. The Kier molecular flexibility index (Phi) is 26.8. The van der Waals surface area contributed by atoms with Crippen molar-refractivity contribution in [3.05, 3.63) is 24.3 Å². The van der Waals surface area contributed by atoms with E-state index in [0.29, 0.717) is 38.5 Å². The van der Waals surface area contributed by atoms with Crippen LogP contribution in [0.15, 0.2) is 24.3 Å². The molecule has 48 heavy (non-hydrogen) atoms. The number of aliphatic hydroxyl groups excluding tert-OH is 4. The highest BCUT2D eigenvalue weighted by molar-refractivity contribution is 5.69. The number of rotatable bonds is 30. The lowest BCUT2D eigenvalue weighted by molar-refractivity contribution is -0.152. The van der Waals surface area contributed by atoms with Gasteiger partial charge >= 0.3 is 11.9 Å². The standard InChI is InChI=1S/C40H72O8/c1-4-5-17-23-33(41)27-28-36-35(37(43)29-38(36)44)24-19-15-16-21-26-40(46)48-31-34(42)30-47-39(45)25-20-14-12-10-8-6-7-9-11-13-18-22-32(2)3/h15,19,27-28,32-38,41-44H,4-14,16-18,20-26,29-31H2,1-3H3/b19-15+,28-27+/t33-,34-,35+,36+,37-,38+/m0/s1. The minimum absolute atomic E-state index is 0.116. The van der Waals surface area contributed by atoms with Gasteiger partial charge in [0.1, 0.15) is 19.3 Å². The van der Waals surface area contributed by atoms with Crippen LogP contribution < -0.4 is 0 Å². The molecule has 1 aliphatic rings. The zero-order valence-electron chi connectivity index (χ0n) is 30.7. The molecule has 1 rings (SSSR count). The van der Waals surface area contributed by atoms with Crippen LogP contribution in [-0.4, -0.2) is 70.0 Å². The molecule has 1 aliphatic carbocycles. The molecule has 1 saturated carbocycles. The third-order valence-electron chi connectivity index (χ3n) is 9.44. The Morgan fingerprint density at radius 3 is 1.83 bits per heavy atom. The van der Waals surface area contributed by atoms with E-state index in [1.165, 1.54) is 57.8 Å². The lowest BCUT2D eigenvalue weighted by Gasteiger charge is -2.19. The number of carbonyl (C=O) groups is 2. The maximum Gasteiger partial charge on any atom is 0.305 e. The SMILES string of the molecule is CCCCC[C@H](O)/C=C/[C@@H]1[C@@H](C/C=C/CCCC(=O)OC[C@@H](O)COC(=O)CCCCCCCCCCCCCC(C)C)[C@@H](O)C[C@H]1O. The molecule has 0 amide bonds. The van der Waals surface area contributed by atoms with Gasteiger partial charge in [-0.05, 0) is 43.9 Å². The fourth-order valence-electron chi connectivity index (χ4n) is 6.38. The minimum Gasteiger partial charge on any atom is -0.463 e. The zero-order chi connectivity index (χ0) is 35.4. The lowest BCUT2D eigenvalue weighted by atomic mass is 9.89. The number of carbonyl (C=O) groups excluding carboxylic acids is 2. The number of hydrogen-bond donors (Lipinski definition) is 4. The van der Waals surface area contributed by atoms with E-state index in [2.05, 4.69) is 20.8 Å². The molecule has 8 nitrogen and oxygen atoms in total. The van der Waals surface area contributed by atoms with Crippen LogP contribution in [0.25, 0.3) is 0 Å². The summed E-state index contributed by atoms with van der Waals surface area (Å²) < 4.78 is 10.3. The average molecular weight is 681 g/mol. The molecule has 0 aromatic heterocycles. The highest BCUT2D eigenvalue weighted by atomic mass is 16.6. The van der Waals surface area contributed by atoms with Crippen LogP contribution in [-0.2, 0) is 19.1 Å². The number of aliphatic hydroxyl groups is 4. The Labute approximate surface area is 292 Å². The summed E-state index contributed by atoms with van der Waals surface area (Å²) in [6.45, 7) is 6.32. The second-order valence-corrected chi connectivity index (χ2v) is 14.5. The summed E-state index contributed by atoms with van der Waals surface area (Å²) in [5, 5.41) is 41.1. The topological polar surface area (TPSA) is 134 Å². The van der Waals surface area contributed by atoms with Crippen LogP contribution in [0.4, 0.5) is 0 Å². The van der Waals surface area contributed by atoms with Gasteiger partial charge in [-0.15, -0.1) is 0 Å². The normalized spacial score (nSPS) is 21.0. The van der Waals surface area contributed by atoms with Crippen LogP contribution in [0.2, 0.25) is 0 Å². The molecule has 0 aliphatic heterocycles. The summed E-state index contributed by atoms with van der Waals surface area (Å²) in [5.74, 6) is -0.232. The summed E-state index contributed by atoms with van der Waals surface area (Å²) in [5.41, 5.74) is 0. The third-order valence-corrected chi connectivity index (χ3v) is 9.44. The molecule has 0 heterocycles. The number of ether oxygens (including phenoxy) is 2. The first-order chi connectivity index (χ1) is 23.1. The summed E-state index contributed by atoms with van der Waals surface area (Å²) in [6.07, 6.45) is 26.2. The van der Waals surface area contributed by atoms with Crippen molar-refractivity contribution in [2.45, 2.75) is 186 Å². The summed E-state index contributed by atoms with van der Waals surface area (Å²) in [7, 11) is 0. The highest BCUT2D eigenvalue weighted by Gasteiger charge is 2.39. The van der Waals surface area contributed by atoms with Gasteiger partial charge in [-0.1, -0.05) is 135 Å². The first-order valence-electron chi connectivity index (χ1n) is 19.5. The Bertz CT molecular complexity index is 856. The van der Waals surface area contributed by atoms with Crippen molar-refractivity contribution in [3.63, 3.8) is 0 Å². The van der Waals surface area contributed by atoms with Gasteiger partial charge in [0, 0.05) is 25.2 Å². The maximum atomic E-state index is 12.1. The van der Waals surface area contributed by atoms with Crippen LogP contribution >= 0.6 is 0 Å². The van der Waals surface area contributed by atoms with Crippen molar-refractivity contribution in [1.82, 2.24) is 0 Å². The van der Waals surface area contributed by atoms with Crippen LogP contribution in [0.5, 0.6) is 0 Å². The van der Waals surface area contributed by atoms with Crippen molar-refractivity contribution in [3.8, 4) is 0 Å². The van der Waals surface area contributed by atoms with E-state index in [9.17, 15) is 30.0 Å².